The van der Waals surface area contributed by atoms with Crippen LogP contribution in [0.1, 0.15) is 48.1 Å². The van der Waals surface area contributed by atoms with E-state index in [9.17, 15) is 9.59 Å². The Labute approximate surface area is 225 Å². The average molecular weight is 531 g/mol. The minimum absolute atomic E-state index is 0.0148. The van der Waals surface area contributed by atoms with Gasteiger partial charge in [0.1, 0.15) is 5.25 Å². The van der Waals surface area contributed by atoms with E-state index in [-0.39, 0.29) is 24.3 Å². The molecular weight excluding hydrogens is 504 g/mol. The Morgan fingerprint density at radius 2 is 1.86 bits per heavy atom. The zero-order chi connectivity index (χ0) is 25.9. The van der Waals surface area contributed by atoms with Gasteiger partial charge in [0, 0.05) is 23.6 Å². The van der Waals surface area contributed by atoms with Gasteiger partial charge in [0.25, 0.3) is 5.91 Å². The zero-order valence-corrected chi connectivity index (χ0v) is 22.2. The standard InChI is InChI=1S/C29H27ClN4O2S/c1-3-19-10-12-21(13-11-19)25-16-24(20-7-5-4-6-8-20)33-34(25)29-32-28(36)26(37-29)17-27(35)31-22-14-9-18(2)23(30)15-22/h4-15,25-26H,3,16-17H2,1-2H3,(H,31,35)/t25-,26-/m1/s1. The Morgan fingerprint density at radius 3 is 2.57 bits per heavy atom. The topological polar surface area (TPSA) is 74.1 Å². The van der Waals surface area contributed by atoms with Gasteiger partial charge < -0.3 is 5.32 Å². The van der Waals surface area contributed by atoms with Crippen molar-refractivity contribution in [2.45, 2.75) is 44.4 Å². The Kier molecular flexibility index (Phi) is 7.44. The number of thioether (sulfide) groups is 1. The first kappa shape index (κ1) is 25.2. The third-order valence-corrected chi connectivity index (χ3v) is 8.09. The Hall–Kier alpha value is -3.42. The van der Waals surface area contributed by atoms with Gasteiger partial charge in [-0.25, -0.2) is 5.01 Å². The van der Waals surface area contributed by atoms with E-state index < -0.39 is 5.25 Å². The van der Waals surface area contributed by atoms with E-state index in [1.54, 1.807) is 12.1 Å². The van der Waals surface area contributed by atoms with E-state index in [4.69, 9.17) is 16.7 Å². The summed E-state index contributed by atoms with van der Waals surface area (Å²) in [5.74, 6) is -0.579. The van der Waals surface area contributed by atoms with Gasteiger partial charge in [0.2, 0.25) is 5.91 Å². The summed E-state index contributed by atoms with van der Waals surface area (Å²) in [7, 11) is 0. The zero-order valence-electron chi connectivity index (χ0n) is 20.6. The predicted molar refractivity (Wildman–Crippen MR) is 151 cm³/mol. The number of nitrogens with zero attached hydrogens (tertiary/aromatic N) is 3. The number of hydrazone groups is 1. The molecule has 0 saturated heterocycles. The Bertz CT molecular complexity index is 1390. The molecule has 5 rings (SSSR count). The highest BCUT2D eigenvalue weighted by Gasteiger charge is 2.39. The van der Waals surface area contributed by atoms with Gasteiger partial charge in [0.15, 0.2) is 5.17 Å². The number of rotatable bonds is 6. The van der Waals surface area contributed by atoms with Gasteiger partial charge in [-0.3, -0.25) is 9.59 Å². The van der Waals surface area contributed by atoms with Gasteiger partial charge in [0.05, 0.1) is 11.8 Å². The maximum atomic E-state index is 12.8. The van der Waals surface area contributed by atoms with E-state index in [0.717, 1.165) is 28.8 Å². The molecule has 3 aromatic carbocycles. The van der Waals surface area contributed by atoms with Crippen LogP contribution in [0.4, 0.5) is 5.69 Å². The minimum Gasteiger partial charge on any atom is -0.326 e. The van der Waals surface area contributed by atoms with Gasteiger partial charge in [-0.15, -0.1) is 0 Å². The van der Waals surface area contributed by atoms with Crippen LogP contribution in [0, 0.1) is 6.92 Å². The third kappa shape index (κ3) is 5.63. The summed E-state index contributed by atoms with van der Waals surface area (Å²) >= 11 is 7.47. The number of anilines is 1. The van der Waals surface area contributed by atoms with Crippen molar-refractivity contribution in [3.8, 4) is 0 Å². The molecule has 188 valence electrons. The van der Waals surface area contributed by atoms with Crippen molar-refractivity contribution in [1.29, 1.82) is 0 Å². The number of nitrogens with one attached hydrogen (secondary N) is 1. The molecule has 0 spiro atoms. The van der Waals surface area contributed by atoms with Crippen molar-refractivity contribution in [2.75, 3.05) is 5.32 Å². The average Bonchev–Trinajstić information content (AvgIpc) is 3.51. The fourth-order valence-corrected chi connectivity index (χ4v) is 5.62. The largest absolute Gasteiger partial charge is 0.326 e. The molecule has 2 amide bonds. The molecule has 2 heterocycles. The number of aryl methyl sites for hydroxylation is 2. The summed E-state index contributed by atoms with van der Waals surface area (Å²) in [6.07, 6.45) is 1.68. The highest BCUT2D eigenvalue weighted by molar-refractivity contribution is 8.15. The van der Waals surface area contributed by atoms with Gasteiger partial charge in [-0.05, 0) is 47.7 Å². The number of carbonyl (C=O) groups excluding carboxylic acids is 2. The molecule has 8 heteroatoms. The maximum absolute atomic E-state index is 12.8. The van der Waals surface area contributed by atoms with E-state index >= 15 is 0 Å². The monoisotopic (exact) mass is 530 g/mol. The molecular formula is C29H27ClN4O2S. The molecule has 2 aliphatic rings. The van der Waals surface area contributed by atoms with Crippen LogP contribution >= 0.6 is 23.4 Å². The van der Waals surface area contributed by atoms with Crippen LogP contribution in [-0.2, 0) is 16.0 Å². The van der Waals surface area contributed by atoms with Crippen molar-refractivity contribution in [1.82, 2.24) is 5.01 Å². The van der Waals surface area contributed by atoms with Gasteiger partial charge in [-0.2, -0.15) is 10.1 Å². The van der Waals surface area contributed by atoms with Crippen LogP contribution in [0.3, 0.4) is 0 Å². The molecule has 2 atom stereocenters. The second-order valence-electron chi connectivity index (χ2n) is 9.13. The number of benzene rings is 3. The number of aliphatic imine (C=N–C) groups is 1. The highest BCUT2D eigenvalue weighted by Crippen LogP contribution is 2.38. The lowest BCUT2D eigenvalue weighted by atomic mass is 9.97. The SMILES string of the molecule is CCc1ccc([C@H]2CC(c3ccccc3)=NN2C2=NC(=O)[C@@H](CC(=O)Nc3ccc(C)c(Cl)c3)S2)cc1. The Morgan fingerprint density at radius 1 is 1.11 bits per heavy atom. The first-order valence-electron chi connectivity index (χ1n) is 12.3. The van der Waals surface area contributed by atoms with Crippen LogP contribution in [0.5, 0.6) is 0 Å². The quantitative estimate of drug-likeness (QED) is 0.401. The van der Waals surface area contributed by atoms with Crippen molar-refractivity contribution in [3.05, 3.63) is 100 Å². The van der Waals surface area contributed by atoms with Crippen LogP contribution in [0.2, 0.25) is 5.02 Å². The highest BCUT2D eigenvalue weighted by atomic mass is 35.5. The lowest BCUT2D eigenvalue weighted by Gasteiger charge is -2.23. The van der Waals surface area contributed by atoms with Crippen LogP contribution < -0.4 is 5.32 Å². The molecule has 0 saturated carbocycles. The first-order valence-corrected chi connectivity index (χ1v) is 13.5. The smallest absolute Gasteiger partial charge is 0.262 e. The Balaban J connectivity index is 1.34. The fourth-order valence-electron chi connectivity index (χ4n) is 4.38. The molecule has 0 fully saturated rings. The van der Waals surface area contributed by atoms with Crippen molar-refractivity contribution in [3.63, 3.8) is 0 Å². The summed E-state index contributed by atoms with van der Waals surface area (Å²) < 4.78 is 0. The van der Waals surface area contributed by atoms with Crippen LogP contribution in [0.15, 0.2) is 82.9 Å². The molecule has 0 radical (unpaired) electrons. The normalized spacial score (nSPS) is 19.1. The molecule has 6 nitrogen and oxygen atoms in total. The second-order valence-corrected chi connectivity index (χ2v) is 10.7. The second kappa shape index (κ2) is 10.9. The summed E-state index contributed by atoms with van der Waals surface area (Å²) in [5, 5.41) is 10.1. The number of halogens is 1. The van der Waals surface area contributed by atoms with Crippen molar-refractivity contribution < 1.29 is 9.59 Å². The molecule has 1 N–H and O–H groups in total. The first-order chi connectivity index (χ1) is 17.9. The summed E-state index contributed by atoms with van der Waals surface area (Å²) in [6.45, 7) is 4.03. The molecule has 0 unspecified atom stereocenters. The molecule has 2 aliphatic heterocycles. The number of hydrogen-bond donors (Lipinski definition) is 1. The van der Waals surface area contributed by atoms with E-state index in [1.165, 1.54) is 17.3 Å². The predicted octanol–water partition coefficient (Wildman–Crippen LogP) is 6.39. The summed E-state index contributed by atoms with van der Waals surface area (Å²) in [5.41, 5.74) is 5.89. The lowest BCUT2D eigenvalue weighted by molar-refractivity contribution is -0.121. The van der Waals surface area contributed by atoms with Gasteiger partial charge >= 0.3 is 0 Å². The minimum atomic E-state index is -0.602. The van der Waals surface area contributed by atoms with E-state index in [2.05, 4.69) is 41.5 Å². The van der Waals surface area contributed by atoms with Crippen molar-refractivity contribution in [2.24, 2.45) is 10.1 Å². The van der Waals surface area contributed by atoms with Crippen LogP contribution in [0.25, 0.3) is 0 Å². The van der Waals surface area contributed by atoms with Crippen LogP contribution in [-0.4, -0.2) is 33.0 Å². The number of amides is 2. The lowest BCUT2D eigenvalue weighted by Crippen LogP contribution is -2.25. The van der Waals surface area contributed by atoms with E-state index in [1.807, 2.05) is 48.3 Å². The summed E-state index contributed by atoms with van der Waals surface area (Å²) in [4.78, 5) is 29.9. The van der Waals surface area contributed by atoms with Gasteiger partial charge in [-0.1, -0.05) is 91.0 Å². The van der Waals surface area contributed by atoms with Crippen molar-refractivity contribution >= 4 is 51.7 Å². The molecule has 0 aliphatic carbocycles. The fraction of sp³-hybridized carbons (Fsp3) is 0.241. The molecule has 37 heavy (non-hydrogen) atoms. The molecule has 0 bridgehead atoms. The molecule has 3 aromatic rings. The van der Waals surface area contributed by atoms with E-state index in [0.29, 0.717) is 22.3 Å². The number of carbonyl (C=O) groups is 2. The third-order valence-electron chi connectivity index (χ3n) is 6.54. The maximum Gasteiger partial charge on any atom is 0.262 e. The molecule has 0 aromatic heterocycles. The number of amidine groups is 1. The summed E-state index contributed by atoms with van der Waals surface area (Å²) in [6, 6.07) is 23.8. The number of hydrogen-bond acceptors (Lipinski definition) is 5.